The van der Waals surface area contributed by atoms with Gasteiger partial charge in [0.25, 0.3) is 5.91 Å². The molecule has 0 atom stereocenters. The summed E-state index contributed by atoms with van der Waals surface area (Å²) in [7, 11) is 1.62. The molecule has 7 nitrogen and oxygen atoms in total. The zero-order valence-corrected chi connectivity index (χ0v) is 21.9. The van der Waals surface area contributed by atoms with Crippen LogP contribution in [0.1, 0.15) is 31.9 Å². The Morgan fingerprint density at radius 1 is 1.03 bits per heavy atom. The van der Waals surface area contributed by atoms with Crippen LogP contribution in [0.15, 0.2) is 83.1 Å². The lowest BCUT2D eigenvalue weighted by Gasteiger charge is -2.19. The molecular weight excluding hydrogens is 489 g/mol. The third kappa shape index (κ3) is 6.62. The third-order valence-electron chi connectivity index (χ3n) is 5.58. The number of rotatable bonds is 8. The molecule has 1 aromatic heterocycles. The first-order valence-corrected chi connectivity index (χ1v) is 12.6. The number of ether oxygens (including phenoxy) is 1. The van der Waals surface area contributed by atoms with Gasteiger partial charge in [-0.3, -0.25) is 9.36 Å². The SMILES string of the molecule is COc1ccc(-n2c(SCC(=O)N/N=C\c3ccc(F)cc3)nnc2-c2ccc(C(C)(C)C)cc2)cc1. The average Bonchev–Trinajstić information content (AvgIpc) is 3.32. The quantitative estimate of drug-likeness (QED) is 0.186. The fraction of sp³-hybridized carbons (Fsp3) is 0.214. The second-order valence-electron chi connectivity index (χ2n) is 9.30. The van der Waals surface area contributed by atoms with Crippen LogP contribution in [0.3, 0.4) is 0 Å². The minimum atomic E-state index is -0.330. The highest BCUT2D eigenvalue weighted by atomic mass is 32.2. The van der Waals surface area contributed by atoms with Gasteiger partial charge in [0.15, 0.2) is 11.0 Å². The molecular formula is C28H28FN5O2S. The van der Waals surface area contributed by atoms with Crippen molar-refractivity contribution in [3.63, 3.8) is 0 Å². The number of thioether (sulfide) groups is 1. The monoisotopic (exact) mass is 517 g/mol. The highest BCUT2D eigenvalue weighted by Gasteiger charge is 2.19. The van der Waals surface area contributed by atoms with Crippen molar-refractivity contribution >= 4 is 23.9 Å². The number of amides is 1. The van der Waals surface area contributed by atoms with Crippen LogP contribution in [-0.4, -0.2) is 39.7 Å². The summed E-state index contributed by atoms with van der Waals surface area (Å²) in [5.41, 5.74) is 6.19. The third-order valence-corrected chi connectivity index (χ3v) is 6.51. The fourth-order valence-electron chi connectivity index (χ4n) is 3.52. The van der Waals surface area contributed by atoms with Crippen LogP contribution in [0.4, 0.5) is 4.39 Å². The fourth-order valence-corrected chi connectivity index (χ4v) is 4.27. The molecule has 0 spiro atoms. The van der Waals surface area contributed by atoms with Crippen LogP contribution in [0, 0.1) is 5.82 Å². The molecule has 3 aromatic carbocycles. The smallest absolute Gasteiger partial charge is 0.250 e. The summed E-state index contributed by atoms with van der Waals surface area (Å²) in [6.07, 6.45) is 1.46. The minimum absolute atomic E-state index is 0.0374. The number of hydrogen-bond donors (Lipinski definition) is 1. The van der Waals surface area contributed by atoms with Gasteiger partial charge in [0, 0.05) is 11.3 Å². The number of nitrogens with one attached hydrogen (secondary N) is 1. The molecule has 190 valence electrons. The maximum Gasteiger partial charge on any atom is 0.250 e. The summed E-state index contributed by atoms with van der Waals surface area (Å²) in [6.45, 7) is 6.52. The van der Waals surface area contributed by atoms with Crippen molar-refractivity contribution in [3.8, 4) is 22.8 Å². The molecule has 0 unspecified atom stereocenters. The van der Waals surface area contributed by atoms with Gasteiger partial charge in [-0.05, 0) is 52.9 Å². The molecule has 0 saturated carbocycles. The Bertz CT molecular complexity index is 1380. The lowest BCUT2D eigenvalue weighted by molar-refractivity contribution is -0.118. The predicted octanol–water partition coefficient (Wildman–Crippen LogP) is 5.62. The van der Waals surface area contributed by atoms with Crippen molar-refractivity contribution in [2.75, 3.05) is 12.9 Å². The Kier molecular flexibility index (Phi) is 8.03. The van der Waals surface area contributed by atoms with Crippen LogP contribution in [0.5, 0.6) is 5.75 Å². The first-order valence-electron chi connectivity index (χ1n) is 11.7. The molecule has 0 aliphatic rings. The van der Waals surface area contributed by atoms with Gasteiger partial charge in [-0.2, -0.15) is 5.10 Å². The summed E-state index contributed by atoms with van der Waals surface area (Å²) in [5.74, 6) is 0.855. The Labute approximate surface area is 219 Å². The molecule has 0 bridgehead atoms. The summed E-state index contributed by atoms with van der Waals surface area (Å²) in [5, 5.41) is 13.3. The Morgan fingerprint density at radius 2 is 1.70 bits per heavy atom. The molecule has 0 aliphatic heterocycles. The minimum Gasteiger partial charge on any atom is -0.497 e. The number of hydrogen-bond acceptors (Lipinski definition) is 6. The van der Waals surface area contributed by atoms with Crippen LogP contribution in [-0.2, 0) is 10.2 Å². The molecule has 1 amide bonds. The molecule has 4 rings (SSSR count). The van der Waals surface area contributed by atoms with Gasteiger partial charge >= 0.3 is 0 Å². The number of aromatic nitrogens is 3. The van der Waals surface area contributed by atoms with E-state index in [1.165, 1.54) is 35.7 Å². The van der Waals surface area contributed by atoms with Crippen LogP contribution in [0.25, 0.3) is 17.1 Å². The van der Waals surface area contributed by atoms with E-state index in [-0.39, 0.29) is 22.9 Å². The Hall–Kier alpha value is -3.98. The van der Waals surface area contributed by atoms with Gasteiger partial charge in [-0.15, -0.1) is 10.2 Å². The first-order chi connectivity index (χ1) is 17.7. The van der Waals surface area contributed by atoms with E-state index < -0.39 is 0 Å². The number of carbonyl (C=O) groups excluding carboxylic acids is 1. The molecule has 9 heteroatoms. The first kappa shape index (κ1) is 26.1. The van der Waals surface area contributed by atoms with Crippen molar-refractivity contribution in [3.05, 3.63) is 89.7 Å². The molecule has 4 aromatic rings. The zero-order valence-electron chi connectivity index (χ0n) is 21.1. The maximum absolute atomic E-state index is 13.0. The molecule has 0 radical (unpaired) electrons. The van der Waals surface area contributed by atoms with E-state index in [2.05, 4.69) is 53.6 Å². The molecule has 1 N–H and O–H groups in total. The van der Waals surface area contributed by atoms with Gasteiger partial charge < -0.3 is 4.74 Å². The van der Waals surface area contributed by atoms with Gasteiger partial charge in [0.05, 0.1) is 19.1 Å². The van der Waals surface area contributed by atoms with Gasteiger partial charge in [-0.1, -0.05) is 68.9 Å². The summed E-state index contributed by atoms with van der Waals surface area (Å²) in [4.78, 5) is 12.4. The standard InChI is InChI=1S/C28H28FN5O2S/c1-28(2,3)21-9-7-20(8-10-21)26-32-33-27(34(26)23-13-15-24(36-4)16-14-23)37-18-25(35)31-30-17-19-5-11-22(29)12-6-19/h5-17H,18H2,1-4H3,(H,31,35)/b30-17-. The highest BCUT2D eigenvalue weighted by molar-refractivity contribution is 7.99. The number of halogens is 1. The summed E-state index contributed by atoms with van der Waals surface area (Å²) >= 11 is 1.25. The van der Waals surface area contributed by atoms with E-state index in [9.17, 15) is 9.18 Å². The van der Waals surface area contributed by atoms with Crippen LogP contribution >= 0.6 is 11.8 Å². The van der Waals surface area contributed by atoms with Gasteiger partial charge in [-0.25, -0.2) is 9.82 Å². The normalized spacial score (nSPS) is 11.6. The lowest BCUT2D eigenvalue weighted by atomic mass is 9.87. The van der Waals surface area contributed by atoms with E-state index in [1.54, 1.807) is 19.2 Å². The number of methoxy groups -OCH3 is 1. The van der Waals surface area contributed by atoms with Crippen LogP contribution < -0.4 is 10.2 Å². The molecule has 0 fully saturated rings. The molecule has 0 aliphatic carbocycles. The summed E-state index contributed by atoms with van der Waals surface area (Å²) in [6, 6.07) is 21.7. The Morgan fingerprint density at radius 3 is 2.32 bits per heavy atom. The van der Waals surface area contributed by atoms with Crippen molar-refractivity contribution in [1.29, 1.82) is 0 Å². The van der Waals surface area contributed by atoms with E-state index in [0.717, 1.165) is 17.0 Å². The van der Waals surface area contributed by atoms with Gasteiger partial charge in [0.2, 0.25) is 0 Å². The second-order valence-corrected chi connectivity index (χ2v) is 10.2. The Balaban J connectivity index is 1.54. The average molecular weight is 518 g/mol. The highest BCUT2D eigenvalue weighted by Crippen LogP contribution is 2.30. The van der Waals surface area contributed by atoms with Crippen molar-refractivity contribution in [2.24, 2.45) is 5.10 Å². The largest absolute Gasteiger partial charge is 0.497 e. The number of carbonyl (C=O) groups is 1. The van der Waals surface area contributed by atoms with E-state index in [1.807, 2.05) is 41.0 Å². The zero-order chi connectivity index (χ0) is 26.4. The van der Waals surface area contributed by atoms with Crippen molar-refractivity contribution < 1.29 is 13.9 Å². The van der Waals surface area contributed by atoms with Crippen LogP contribution in [0.2, 0.25) is 0 Å². The summed E-state index contributed by atoms with van der Waals surface area (Å²) < 4.78 is 20.3. The molecule has 0 saturated heterocycles. The second kappa shape index (κ2) is 11.4. The van der Waals surface area contributed by atoms with Crippen molar-refractivity contribution in [2.45, 2.75) is 31.3 Å². The molecule has 37 heavy (non-hydrogen) atoms. The lowest BCUT2D eigenvalue weighted by Crippen LogP contribution is -2.20. The van der Waals surface area contributed by atoms with E-state index in [4.69, 9.17) is 4.74 Å². The molecule has 1 heterocycles. The maximum atomic E-state index is 13.0. The number of benzene rings is 3. The van der Waals surface area contributed by atoms with Gasteiger partial charge in [0.1, 0.15) is 11.6 Å². The number of hydrazone groups is 1. The van der Waals surface area contributed by atoms with E-state index in [0.29, 0.717) is 16.5 Å². The number of nitrogens with zero attached hydrogens (tertiary/aromatic N) is 4. The van der Waals surface area contributed by atoms with E-state index >= 15 is 0 Å². The predicted molar refractivity (Wildman–Crippen MR) is 145 cm³/mol. The van der Waals surface area contributed by atoms with Crippen molar-refractivity contribution in [1.82, 2.24) is 20.2 Å². The topological polar surface area (TPSA) is 81.4 Å².